The molecule has 4 heterocycles. The first kappa shape index (κ1) is 49.9. The molecule has 6 heteroatoms. The van der Waals surface area contributed by atoms with Crippen LogP contribution in [0, 0.1) is 52.1 Å². The first-order valence-electron chi connectivity index (χ1n) is 38.5. The molecule has 0 aliphatic rings. The van der Waals surface area contributed by atoms with Crippen LogP contribution in [0.2, 0.25) is 0 Å². The summed E-state index contributed by atoms with van der Waals surface area (Å²) in [6, 6.07) is 72.4. The first-order valence-corrected chi connectivity index (χ1v) is 31.0. The summed E-state index contributed by atoms with van der Waals surface area (Å²) in [7, 11) is 7.94. The van der Waals surface area contributed by atoms with Crippen LogP contribution in [0.3, 0.4) is 0 Å². The van der Waals surface area contributed by atoms with Gasteiger partial charge in [-0.3, -0.25) is 0 Å². The highest BCUT2D eigenvalue weighted by Gasteiger charge is 2.19. The fourth-order valence-corrected chi connectivity index (χ4v) is 11.4. The minimum atomic E-state index is -2.63. The molecule has 0 fully saturated rings. The highest BCUT2D eigenvalue weighted by atomic mass is 19.1. The number of hydrogen-bond acceptors (Lipinski definition) is 0. The minimum absolute atomic E-state index is 0.129. The maximum absolute atomic E-state index is 14.3. The molecule has 0 amide bonds. The molecule has 0 saturated heterocycles. The van der Waals surface area contributed by atoms with Crippen molar-refractivity contribution in [3.05, 3.63) is 311 Å². The van der Waals surface area contributed by atoms with Gasteiger partial charge in [-0.05, 0) is 193 Å². The van der Waals surface area contributed by atoms with Crippen molar-refractivity contribution in [1.82, 2.24) is 0 Å². The summed E-state index contributed by atoms with van der Waals surface area (Å²) in [5, 5.41) is 0. The van der Waals surface area contributed by atoms with Crippen molar-refractivity contribution in [2.24, 2.45) is 34.1 Å². The Balaban J connectivity index is 0.000000166. The van der Waals surface area contributed by atoms with Crippen molar-refractivity contribution < 1.29 is 47.6 Å². The van der Waals surface area contributed by atoms with Gasteiger partial charge in [-0.15, -0.1) is 0 Å². The molecule has 8 aromatic carbocycles. The molecule has 0 aliphatic heterocycles. The smallest absolute Gasteiger partial charge is 0.207 e. The SMILES string of the molecule is [2H]C([2H])([2H])C([2H])(C)Cc1cc(-c2ccc(-c3ccccc3C)[n+](C)c2)ccc1F.[2H]C([2H])([2H])C([2H])(C)c1cc(-c2ccc(-c3ccccc3C)[n+](C)c2)ccc1F.[2H]C([2H])([2H])C([2H])(C)c1cccc(-c2ccc(-c3ccccc3C)[n+](C)c2)c1.[2H]C([2H])([2H])c1ccc(-c2ccc(-c3ccccc3C)[n+](C)c2)cc1. The van der Waals surface area contributed by atoms with E-state index in [1.54, 1.807) is 36.4 Å². The van der Waals surface area contributed by atoms with E-state index >= 15 is 0 Å². The molecule has 4 nitrogen and oxygen atoms in total. The summed E-state index contributed by atoms with van der Waals surface area (Å²) < 4.78 is 152. The molecule has 12 rings (SSSR count). The number of nitrogens with zero attached hydrogens (tertiary/aromatic N) is 4. The topological polar surface area (TPSA) is 15.5 Å². The lowest BCUT2D eigenvalue weighted by molar-refractivity contribution is -0.660. The van der Waals surface area contributed by atoms with E-state index in [1.807, 2.05) is 165 Å². The van der Waals surface area contributed by atoms with Crippen LogP contribution in [-0.2, 0) is 34.6 Å². The zero-order chi connectivity index (χ0) is 79.2. The average molecular weight is 1250 g/mol. The van der Waals surface area contributed by atoms with Crippen molar-refractivity contribution in [3.63, 3.8) is 0 Å². The van der Waals surface area contributed by atoms with E-state index in [2.05, 4.69) is 110 Å². The summed E-state index contributed by atoms with van der Waals surface area (Å²) in [5.74, 6) is -6.61. The molecular weight excluding hydrogens is 1140 g/mol. The molecule has 12 aromatic rings. The van der Waals surface area contributed by atoms with Crippen LogP contribution in [-0.4, -0.2) is 0 Å². The van der Waals surface area contributed by atoms with E-state index in [0.717, 1.165) is 78.4 Å². The zero-order valence-corrected chi connectivity index (χ0v) is 55.0. The first-order chi connectivity index (χ1) is 50.5. The van der Waals surface area contributed by atoms with Gasteiger partial charge in [0.1, 0.15) is 39.8 Å². The lowest BCUT2D eigenvalue weighted by atomic mass is 9.97. The van der Waals surface area contributed by atoms with E-state index in [4.69, 9.17) is 20.6 Å². The molecule has 3 unspecified atom stereocenters. The molecule has 0 saturated carbocycles. The zero-order valence-electron chi connectivity index (χ0n) is 70.0. The maximum Gasteiger partial charge on any atom is 0.212 e. The second kappa shape index (κ2) is 31.0. The van der Waals surface area contributed by atoms with Crippen LogP contribution in [0.1, 0.15) is 118 Å². The Kier molecular flexibility index (Phi) is 16.6. The van der Waals surface area contributed by atoms with Gasteiger partial charge in [0, 0.05) is 89.3 Å². The van der Waals surface area contributed by atoms with Crippen LogP contribution >= 0.6 is 0 Å². The van der Waals surface area contributed by atoms with Gasteiger partial charge in [-0.1, -0.05) is 180 Å². The molecule has 4 aromatic heterocycles. The second-order valence-corrected chi connectivity index (χ2v) is 23.8. The standard InChI is InChI=1S/C23H25FN.C22H23FN.C22H24N.C20H20N/c1-16(2)13-20-14-18(9-11-22(20)24)19-10-12-23(25(4)15-19)21-8-6-5-7-17(21)3;1-15(2)20-13-17(9-11-21(20)23)18-10-12-22(24(4)14-18)19-8-6-5-7-16(19)3;1-16(2)18-9-7-10-19(14-18)20-12-13-22(23(4)15-20)21-11-6-5-8-17(21)3;1-15-8-10-17(11-9-15)18-12-13-20(21(3)14-18)19-7-5-4-6-16(19)2/h5-12,14-16H,13H2,1-4H3;5-15H,1-4H3;5-16H,1-4H3;4-14H,1-3H3/q4*+1/i1D3,16D;1D3,15D;1D3,16D;1D3. The number of benzene rings is 8. The fourth-order valence-electron chi connectivity index (χ4n) is 11.4. The summed E-state index contributed by atoms with van der Waals surface area (Å²) in [4.78, 5) is 0. The van der Waals surface area contributed by atoms with E-state index in [-0.39, 0.29) is 17.5 Å². The third-order valence-electron chi connectivity index (χ3n) is 16.6. The number of halogens is 2. The fraction of sp³-hybridized carbons (Fsp3) is 0.218. The van der Waals surface area contributed by atoms with Gasteiger partial charge in [0.05, 0.1) is 0 Å². The average Bonchev–Trinajstić information content (AvgIpc) is 0.748. The van der Waals surface area contributed by atoms with Gasteiger partial charge >= 0.3 is 0 Å². The van der Waals surface area contributed by atoms with Crippen molar-refractivity contribution in [1.29, 1.82) is 0 Å². The number of hydrogen-bond donors (Lipinski definition) is 0. The number of rotatable bonds is 12. The number of pyridine rings is 4. The van der Waals surface area contributed by atoms with Crippen molar-refractivity contribution >= 4 is 0 Å². The van der Waals surface area contributed by atoms with Crippen molar-refractivity contribution in [2.45, 2.75) is 94.1 Å². The molecule has 0 spiro atoms. The second-order valence-electron chi connectivity index (χ2n) is 23.8. The van der Waals surface area contributed by atoms with Crippen LogP contribution in [0.25, 0.3) is 89.5 Å². The van der Waals surface area contributed by atoms with E-state index < -0.39 is 56.7 Å². The molecule has 0 radical (unpaired) electrons. The van der Waals surface area contributed by atoms with Crippen LogP contribution in [0.15, 0.2) is 255 Å². The lowest BCUT2D eigenvalue weighted by Crippen LogP contribution is -2.30. The normalized spacial score (nSPS) is 15.8. The van der Waals surface area contributed by atoms with Gasteiger partial charge in [-0.2, -0.15) is 0 Å². The third kappa shape index (κ3) is 17.0. The third-order valence-corrected chi connectivity index (χ3v) is 16.6. The van der Waals surface area contributed by atoms with E-state index in [0.29, 0.717) is 16.7 Å². The van der Waals surface area contributed by atoms with Crippen LogP contribution in [0.5, 0.6) is 0 Å². The Morgan fingerprint density at radius 1 is 0.355 bits per heavy atom. The predicted molar refractivity (Wildman–Crippen MR) is 384 cm³/mol. The van der Waals surface area contributed by atoms with Crippen molar-refractivity contribution in [3.8, 4) is 89.5 Å². The summed E-state index contributed by atoms with van der Waals surface area (Å²) in [5.41, 5.74) is 21.9. The maximum atomic E-state index is 14.3. The molecular formula is C87H92F2N4+4. The van der Waals surface area contributed by atoms with E-state index in [9.17, 15) is 8.78 Å². The minimum Gasteiger partial charge on any atom is -0.207 e. The Morgan fingerprint density at radius 3 is 1.11 bits per heavy atom. The largest absolute Gasteiger partial charge is 0.212 e. The summed E-state index contributed by atoms with van der Waals surface area (Å²) in [6.07, 6.45) is 7.83. The Labute approximate surface area is 574 Å². The molecule has 0 N–H and O–H groups in total. The quantitative estimate of drug-likeness (QED) is 0.108. The molecule has 3 atom stereocenters. The van der Waals surface area contributed by atoms with Gasteiger partial charge in [0.2, 0.25) is 22.8 Å². The molecule has 0 bridgehead atoms. The summed E-state index contributed by atoms with van der Waals surface area (Å²) >= 11 is 0. The highest BCUT2D eigenvalue weighted by Crippen LogP contribution is 2.31. The van der Waals surface area contributed by atoms with Crippen molar-refractivity contribution in [2.75, 3.05) is 0 Å². The summed E-state index contributed by atoms with van der Waals surface area (Å²) in [6.45, 7) is 2.75. The highest BCUT2D eigenvalue weighted by molar-refractivity contribution is 5.71. The van der Waals surface area contributed by atoms with Gasteiger partial charge in [-0.25, -0.2) is 27.0 Å². The molecule has 93 heavy (non-hydrogen) atoms. The molecule has 0 aliphatic carbocycles. The number of aryl methyl sites for hydroxylation is 9. The molecule has 470 valence electrons. The van der Waals surface area contributed by atoms with Gasteiger partial charge in [0.15, 0.2) is 24.8 Å². The Hall–Kier alpha value is -9.78. The lowest BCUT2D eigenvalue weighted by Gasteiger charge is -2.10. The van der Waals surface area contributed by atoms with Crippen LogP contribution < -0.4 is 18.3 Å². The Morgan fingerprint density at radius 2 is 0.720 bits per heavy atom. The number of aromatic nitrogens is 4. The van der Waals surface area contributed by atoms with Gasteiger partial charge in [0.25, 0.3) is 0 Å². The Bertz CT molecular complexity index is 5190. The monoisotopic (exact) mass is 1250 g/mol. The van der Waals surface area contributed by atoms with Gasteiger partial charge < -0.3 is 0 Å². The van der Waals surface area contributed by atoms with Crippen LogP contribution in [0.4, 0.5) is 8.78 Å². The van der Waals surface area contributed by atoms with E-state index in [1.165, 1.54) is 66.8 Å². The predicted octanol–water partition coefficient (Wildman–Crippen LogP) is 20.6.